The van der Waals surface area contributed by atoms with Crippen LogP contribution in [0, 0.1) is 6.92 Å². The van der Waals surface area contributed by atoms with Gasteiger partial charge < -0.3 is 5.11 Å². The molecule has 0 unspecified atom stereocenters. The van der Waals surface area contributed by atoms with Gasteiger partial charge in [0.1, 0.15) is 0 Å². The molecule has 0 bridgehead atoms. The van der Waals surface area contributed by atoms with Crippen LogP contribution in [0.3, 0.4) is 0 Å². The van der Waals surface area contributed by atoms with Crippen molar-refractivity contribution in [2.24, 2.45) is 0 Å². The smallest absolute Gasteiger partial charge is 0.240 e. The van der Waals surface area contributed by atoms with Gasteiger partial charge in [0.2, 0.25) is 10.0 Å². The standard InChI is InChI=1S/C19H23NO3S/c1-14-2-4-15(5-3-14)16-6-12-19(13-7-16)24(22,23)20-17-8-10-18(21)11-9-17/h2-7,12-13,17-18,20-21H,8-11H2,1H3/t17-,18-. The molecule has 1 fully saturated rings. The Bertz CT molecular complexity index is 774. The molecule has 0 aliphatic heterocycles. The summed E-state index contributed by atoms with van der Waals surface area (Å²) in [6.45, 7) is 2.04. The van der Waals surface area contributed by atoms with Gasteiger partial charge in [-0.15, -0.1) is 0 Å². The van der Waals surface area contributed by atoms with Crippen LogP contribution in [-0.2, 0) is 10.0 Å². The molecule has 3 rings (SSSR count). The average Bonchev–Trinajstić information content (AvgIpc) is 2.58. The van der Waals surface area contributed by atoms with Crippen molar-refractivity contribution in [3.05, 3.63) is 54.1 Å². The predicted octanol–water partition coefficient (Wildman–Crippen LogP) is 3.24. The molecular formula is C19H23NO3S. The fourth-order valence-corrected chi connectivity index (χ4v) is 4.36. The molecule has 0 saturated heterocycles. The van der Waals surface area contributed by atoms with Crippen LogP contribution >= 0.6 is 0 Å². The highest BCUT2D eigenvalue weighted by molar-refractivity contribution is 7.89. The van der Waals surface area contributed by atoms with E-state index in [1.165, 1.54) is 5.56 Å². The highest BCUT2D eigenvalue weighted by atomic mass is 32.2. The third-order valence-corrected chi connectivity index (χ3v) is 6.10. The van der Waals surface area contributed by atoms with E-state index in [-0.39, 0.29) is 17.0 Å². The van der Waals surface area contributed by atoms with Crippen LogP contribution in [0.1, 0.15) is 31.2 Å². The Balaban J connectivity index is 1.73. The fourth-order valence-electron chi connectivity index (χ4n) is 3.05. The summed E-state index contributed by atoms with van der Waals surface area (Å²) in [7, 11) is -3.51. The topological polar surface area (TPSA) is 66.4 Å². The number of sulfonamides is 1. The molecule has 1 aliphatic rings. The third-order valence-electron chi connectivity index (χ3n) is 4.57. The maximum atomic E-state index is 12.5. The molecule has 0 spiro atoms. The Morgan fingerprint density at radius 2 is 1.38 bits per heavy atom. The first kappa shape index (κ1) is 17.1. The summed E-state index contributed by atoms with van der Waals surface area (Å²) in [5, 5.41) is 9.52. The van der Waals surface area contributed by atoms with E-state index in [4.69, 9.17) is 0 Å². The first-order valence-electron chi connectivity index (χ1n) is 8.31. The Hall–Kier alpha value is -1.69. The van der Waals surface area contributed by atoms with Crippen molar-refractivity contribution in [2.75, 3.05) is 0 Å². The van der Waals surface area contributed by atoms with E-state index in [2.05, 4.69) is 4.72 Å². The number of benzene rings is 2. The Labute approximate surface area is 143 Å². The summed E-state index contributed by atoms with van der Waals surface area (Å²) in [4.78, 5) is 0.282. The van der Waals surface area contributed by atoms with Gasteiger partial charge in [0.15, 0.2) is 0 Å². The summed E-state index contributed by atoms with van der Waals surface area (Å²) in [6.07, 6.45) is 2.38. The van der Waals surface area contributed by atoms with Crippen molar-refractivity contribution in [3.63, 3.8) is 0 Å². The van der Waals surface area contributed by atoms with E-state index >= 15 is 0 Å². The van der Waals surface area contributed by atoms with Gasteiger partial charge in [-0.2, -0.15) is 0 Å². The zero-order valence-corrected chi connectivity index (χ0v) is 14.6. The summed E-state index contributed by atoms with van der Waals surface area (Å²) in [5.41, 5.74) is 3.26. The molecule has 0 amide bonds. The van der Waals surface area contributed by atoms with Crippen LogP contribution in [0.5, 0.6) is 0 Å². The molecule has 5 heteroatoms. The van der Waals surface area contributed by atoms with Crippen LogP contribution in [0.4, 0.5) is 0 Å². The molecule has 1 saturated carbocycles. The highest BCUT2D eigenvalue weighted by Gasteiger charge is 2.24. The van der Waals surface area contributed by atoms with Crippen molar-refractivity contribution in [2.45, 2.75) is 49.6 Å². The van der Waals surface area contributed by atoms with Gasteiger partial charge >= 0.3 is 0 Å². The second kappa shape index (κ2) is 7.05. The van der Waals surface area contributed by atoms with Gasteiger partial charge in [-0.25, -0.2) is 13.1 Å². The Morgan fingerprint density at radius 3 is 1.92 bits per heavy atom. The van der Waals surface area contributed by atoms with Crippen molar-refractivity contribution in [3.8, 4) is 11.1 Å². The van der Waals surface area contributed by atoms with Gasteiger partial charge in [0.25, 0.3) is 0 Å². The maximum Gasteiger partial charge on any atom is 0.240 e. The molecular weight excluding hydrogens is 322 g/mol. The van der Waals surface area contributed by atoms with Crippen molar-refractivity contribution >= 4 is 10.0 Å². The lowest BCUT2D eigenvalue weighted by Gasteiger charge is -2.26. The van der Waals surface area contributed by atoms with E-state index in [1.54, 1.807) is 12.1 Å². The minimum absolute atomic E-state index is 0.0878. The second-order valence-electron chi connectivity index (χ2n) is 6.52. The number of aliphatic hydroxyl groups is 1. The molecule has 2 aromatic rings. The number of hydrogen-bond acceptors (Lipinski definition) is 3. The highest BCUT2D eigenvalue weighted by Crippen LogP contribution is 2.23. The molecule has 4 nitrogen and oxygen atoms in total. The third kappa shape index (κ3) is 4.04. The minimum Gasteiger partial charge on any atom is -0.393 e. The molecule has 24 heavy (non-hydrogen) atoms. The summed E-state index contributed by atoms with van der Waals surface area (Å²) < 4.78 is 27.8. The summed E-state index contributed by atoms with van der Waals surface area (Å²) >= 11 is 0. The lowest BCUT2D eigenvalue weighted by atomic mass is 9.94. The summed E-state index contributed by atoms with van der Waals surface area (Å²) in [6, 6.07) is 15.0. The molecule has 0 heterocycles. The molecule has 2 N–H and O–H groups in total. The van der Waals surface area contributed by atoms with Crippen LogP contribution in [0.25, 0.3) is 11.1 Å². The number of aliphatic hydroxyl groups excluding tert-OH is 1. The quantitative estimate of drug-likeness (QED) is 0.894. The van der Waals surface area contributed by atoms with Gasteiger partial charge in [-0.3, -0.25) is 0 Å². The number of nitrogens with one attached hydrogen (secondary N) is 1. The predicted molar refractivity (Wildman–Crippen MR) is 95.2 cm³/mol. The van der Waals surface area contributed by atoms with Gasteiger partial charge in [0, 0.05) is 6.04 Å². The van der Waals surface area contributed by atoms with Crippen molar-refractivity contribution in [1.82, 2.24) is 4.72 Å². The molecule has 0 aromatic heterocycles. The second-order valence-corrected chi connectivity index (χ2v) is 8.23. The Morgan fingerprint density at radius 1 is 0.875 bits per heavy atom. The van der Waals surface area contributed by atoms with E-state index in [1.807, 2.05) is 43.3 Å². The first-order valence-corrected chi connectivity index (χ1v) is 9.80. The number of aryl methyl sites for hydroxylation is 1. The lowest BCUT2D eigenvalue weighted by Crippen LogP contribution is -2.38. The average molecular weight is 345 g/mol. The summed E-state index contributed by atoms with van der Waals surface area (Å²) in [5.74, 6) is 0. The molecule has 0 atom stereocenters. The largest absolute Gasteiger partial charge is 0.393 e. The monoisotopic (exact) mass is 345 g/mol. The molecule has 1 aliphatic carbocycles. The van der Waals surface area contributed by atoms with Crippen molar-refractivity contribution < 1.29 is 13.5 Å². The molecule has 2 aromatic carbocycles. The zero-order chi connectivity index (χ0) is 17.2. The van der Waals surface area contributed by atoms with Crippen LogP contribution in [0.2, 0.25) is 0 Å². The molecule has 128 valence electrons. The minimum atomic E-state index is -3.51. The fraction of sp³-hybridized carbons (Fsp3) is 0.368. The van der Waals surface area contributed by atoms with Crippen LogP contribution < -0.4 is 4.72 Å². The number of rotatable bonds is 4. The zero-order valence-electron chi connectivity index (χ0n) is 13.8. The van der Waals surface area contributed by atoms with E-state index in [0.717, 1.165) is 11.1 Å². The molecule has 0 radical (unpaired) electrons. The van der Waals surface area contributed by atoms with Crippen LogP contribution in [-0.4, -0.2) is 25.7 Å². The van der Waals surface area contributed by atoms with E-state index in [9.17, 15) is 13.5 Å². The van der Waals surface area contributed by atoms with Crippen molar-refractivity contribution in [1.29, 1.82) is 0 Å². The SMILES string of the molecule is Cc1ccc(-c2ccc(S(=O)(=O)N[C@H]3CC[C@H](O)CC3)cc2)cc1. The van der Waals surface area contributed by atoms with Gasteiger partial charge in [-0.1, -0.05) is 42.0 Å². The Kier molecular flexibility index (Phi) is 5.04. The van der Waals surface area contributed by atoms with E-state index < -0.39 is 10.0 Å². The van der Waals surface area contributed by atoms with E-state index in [0.29, 0.717) is 25.7 Å². The number of hydrogen-bond donors (Lipinski definition) is 2. The normalized spacial score (nSPS) is 21.6. The van der Waals surface area contributed by atoms with Crippen LogP contribution in [0.15, 0.2) is 53.4 Å². The first-order chi connectivity index (χ1) is 11.4. The maximum absolute atomic E-state index is 12.5. The van der Waals surface area contributed by atoms with Gasteiger partial charge in [-0.05, 0) is 55.9 Å². The lowest BCUT2D eigenvalue weighted by molar-refractivity contribution is 0.120. The van der Waals surface area contributed by atoms with Gasteiger partial charge in [0.05, 0.1) is 11.0 Å².